The summed E-state index contributed by atoms with van der Waals surface area (Å²) in [5.74, 6) is -1.53. The highest BCUT2D eigenvalue weighted by atomic mass is 16.6. The van der Waals surface area contributed by atoms with Gasteiger partial charge in [0.2, 0.25) is 0 Å². The number of hydrogen-bond acceptors (Lipinski definition) is 7. The normalized spacial score (nSPS) is 17.2. The summed E-state index contributed by atoms with van der Waals surface area (Å²) < 4.78 is 5.29. The maximum absolute atomic E-state index is 13.1. The highest BCUT2D eigenvalue weighted by molar-refractivity contribution is 6.46. The van der Waals surface area contributed by atoms with Crippen molar-refractivity contribution in [3.05, 3.63) is 105 Å². The van der Waals surface area contributed by atoms with Gasteiger partial charge >= 0.3 is 0 Å². The molecule has 0 saturated carbocycles. The van der Waals surface area contributed by atoms with Crippen molar-refractivity contribution >= 4 is 23.1 Å². The van der Waals surface area contributed by atoms with Gasteiger partial charge in [-0.3, -0.25) is 24.7 Å². The van der Waals surface area contributed by atoms with Crippen molar-refractivity contribution in [3.8, 4) is 5.75 Å². The number of nitro groups is 1. The van der Waals surface area contributed by atoms with E-state index in [2.05, 4.69) is 4.98 Å². The van der Waals surface area contributed by atoms with Gasteiger partial charge in [0, 0.05) is 23.9 Å². The number of nitrogens with zero attached hydrogens (tertiary/aromatic N) is 3. The monoisotopic (exact) mass is 445 g/mol. The van der Waals surface area contributed by atoms with E-state index in [0.717, 1.165) is 0 Å². The van der Waals surface area contributed by atoms with Gasteiger partial charge in [-0.1, -0.05) is 18.2 Å². The minimum absolute atomic E-state index is 0.0460. The number of aromatic nitrogens is 1. The molecule has 0 bridgehead atoms. The number of ketones is 1. The number of methoxy groups -OCH3 is 1. The predicted octanol–water partition coefficient (Wildman–Crippen LogP) is 3.62. The molecule has 2 heterocycles. The third-order valence-corrected chi connectivity index (χ3v) is 5.36. The minimum atomic E-state index is -0.905. The number of benzene rings is 2. The molecule has 0 aliphatic carbocycles. The molecule has 1 N–H and O–H groups in total. The molecule has 3 aromatic rings. The number of Topliss-reactive ketones (excluding diaryl/α,β-unsaturated/α-hetero) is 1. The number of aliphatic hydroxyl groups is 1. The Hall–Kier alpha value is -4.53. The van der Waals surface area contributed by atoms with Gasteiger partial charge < -0.3 is 14.7 Å². The van der Waals surface area contributed by atoms with Crippen LogP contribution in [0.25, 0.3) is 5.76 Å². The van der Waals surface area contributed by atoms with Crippen LogP contribution < -0.4 is 4.74 Å². The van der Waals surface area contributed by atoms with E-state index < -0.39 is 28.4 Å². The summed E-state index contributed by atoms with van der Waals surface area (Å²) in [5.41, 5.74) is 1.05. The highest BCUT2D eigenvalue weighted by Gasteiger charge is 2.46. The number of hydrogen-bond donors (Lipinski definition) is 1. The Labute approximate surface area is 188 Å². The van der Waals surface area contributed by atoms with Crippen molar-refractivity contribution < 1.29 is 24.4 Å². The Morgan fingerprint density at radius 3 is 2.52 bits per heavy atom. The summed E-state index contributed by atoms with van der Waals surface area (Å²) in [6.07, 6.45) is 1.59. The zero-order chi connectivity index (χ0) is 23.5. The maximum atomic E-state index is 13.1. The second-order valence-electron chi connectivity index (χ2n) is 7.33. The van der Waals surface area contributed by atoms with Crippen LogP contribution in [0.1, 0.15) is 22.9 Å². The fourth-order valence-electron chi connectivity index (χ4n) is 3.76. The van der Waals surface area contributed by atoms with Gasteiger partial charge in [-0.2, -0.15) is 0 Å². The van der Waals surface area contributed by atoms with Crippen LogP contribution in [-0.4, -0.2) is 38.7 Å². The molecule has 1 aromatic heterocycles. The van der Waals surface area contributed by atoms with Gasteiger partial charge in [0.15, 0.2) is 0 Å². The third kappa shape index (κ3) is 4.16. The van der Waals surface area contributed by atoms with Gasteiger partial charge in [-0.25, -0.2) is 0 Å². The van der Waals surface area contributed by atoms with Gasteiger partial charge in [0.05, 0.1) is 35.9 Å². The van der Waals surface area contributed by atoms with Gasteiger partial charge in [0.1, 0.15) is 11.5 Å². The lowest BCUT2D eigenvalue weighted by Crippen LogP contribution is -2.29. The molecule has 1 aliphatic heterocycles. The van der Waals surface area contributed by atoms with E-state index in [0.29, 0.717) is 17.0 Å². The van der Waals surface area contributed by atoms with Crippen LogP contribution in [0.4, 0.5) is 5.69 Å². The number of likely N-dealkylation sites (tertiary alicyclic amines) is 1. The average Bonchev–Trinajstić information content (AvgIpc) is 3.09. The second kappa shape index (κ2) is 8.91. The number of amides is 1. The summed E-state index contributed by atoms with van der Waals surface area (Å²) in [5, 5.41) is 22.0. The van der Waals surface area contributed by atoms with Crippen molar-refractivity contribution in [2.45, 2.75) is 12.6 Å². The number of rotatable bonds is 6. The molecule has 166 valence electrons. The molecule has 1 saturated heterocycles. The van der Waals surface area contributed by atoms with Crippen LogP contribution in [0.3, 0.4) is 0 Å². The van der Waals surface area contributed by atoms with Gasteiger partial charge in [-0.05, 0) is 42.0 Å². The Kier molecular flexibility index (Phi) is 5.86. The molecule has 1 amide bonds. The Morgan fingerprint density at radius 2 is 1.88 bits per heavy atom. The van der Waals surface area contributed by atoms with Crippen LogP contribution in [0.15, 0.2) is 78.5 Å². The molecule has 9 nitrogen and oxygen atoms in total. The Bertz CT molecular complexity index is 1250. The molecule has 1 atom stereocenters. The first kappa shape index (κ1) is 21.7. The van der Waals surface area contributed by atoms with E-state index in [-0.39, 0.29) is 23.4 Å². The quantitative estimate of drug-likeness (QED) is 0.202. The van der Waals surface area contributed by atoms with Crippen LogP contribution in [0.5, 0.6) is 5.75 Å². The van der Waals surface area contributed by atoms with Crippen LogP contribution in [0.2, 0.25) is 0 Å². The van der Waals surface area contributed by atoms with Gasteiger partial charge in [-0.15, -0.1) is 0 Å². The Morgan fingerprint density at radius 1 is 1.12 bits per heavy atom. The minimum Gasteiger partial charge on any atom is -0.507 e. The summed E-state index contributed by atoms with van der Waals surface area (Å²) in [4.78, 5) is 42.1. The number of nitro benzene ring substituents is 1. The number of non-ortho nitro benzene ring substituents is 1. The average molecular weight is 445 g/mol. The highest BCUT2D eigenvalue weighted by Crippen LogP contribution is 2.41. The van der Waals surface area contributed by atoms with Crippen LogP contribution >= 0.6 is 0 Å². The van der Waals surface area contributed by atoms with E-state index in [1.807, 2.05) is 0 Å². The Balaban J connectivity index is 1.85. The van der Waals surface area contributed by atoms with Gasteiger partial charge in [0.25, 0.3) is 17.4 Å². The van der Waals surface area contributed by atoms with Crippen molar-refractivity contribution in [1.82, 2.24) is 9.88 Å². The van der Waals surface area contributed by atoms with E-state index in [9.17, 15) is 24.8 Å². The number of ether oxygens (including phenoxy) is 1. The standard InChI is InChI=1S/C24H19N3O6/c1-33-19-7-4-5-16(13-19)21-20(22(28)15-8-10-18(11-9-15)27(31)32)23(29)24(30)26(21)14-17-6-2-3-12-25-17/h2-13,21,28H,14H2,1H3/b22-20-. The first-order valence-corrected chi connectivity index (χ1v) is 9.98. The molecule has 2 aromatic carbocycles. The molecule has 1 unspecified atom stereocenters. The van der Waals surface area contributed by atoms with E-state index in [4.69, 9.17) is 4.74 Å². The second-order valence-corrected chi connectivity index (χ2v) is 7.33. The molecule has 1 aliphatic rings. The summed E-state index contributed by atoms with van der Waals surface area (Å²) in [7, 11) is 1.50. The fourth-order valence-corrected chi connectivity index (χ4v) is 3.76. The zero-order valence-corrected chi connectivity index (χ0v) is 17.5. The lowest BCUT2D eigenvalue weighted by Gasteiger charge is -2.25. The SMILES string of the molecule is COc1cccc(C2/C(=C(/O)c3ccc([N+](=O)[O-])cc3)C(=O)C(=O)N2Cc2ccccn2)c1. The van der Waals surface area contributed by atoms with Crippen LogP contribution in [0, 0.1) is 10.1 Å². The molecule has 9 heteroatoms. The summed E-state index contributed by atoms with van der Waals surface area (Å²) in [6, 6.07) is 16.3. The molecule has 1 fully saturated rings. The number of carbonyl (C=O) groups is 2. The summed E-state index contributed by atoms with van der Waals surface area (Å²) >= 11 is 0. The number of pyridine rings is 1. The van der Waals surface area contributed by atoms with E-state index in [1.54, 1.807) is 48.7 Å². The van der Waals surface area contributed by atoms with E-state index >= 15 is 0 Å². The molecule has 33 heavy (non-hydrogen) atoms. The third-order valence-electron chi connectivity index (χ3n) is 5.36. The van der Waals surface area contributed by atoms with Crippen molar-refractivity contribution in [2.24, 2.45) is 0 Å². The lowest BCUT2D eigenvalue weighted by molar-refractivity contribution is -0.384. The van der Waals surface area contributed by atoms with Crippen molar-refractivity contribution in [1.29, 1.82) is 0 Å². The zero-order valence-electron chi connectivity index (χ0n) is 17.5. The number of aliphatic hydroxyl groups excluding tert-OH is 1. The first-order valence-electron chi connectivity index (χ1n) is 9.98. The van der Waals surface area contributed by atoms with E-state index in [1.165, 1.54) is 36.3 Å². The summed E-state index contributed by atoms with van der Waals surface area (Å²) in [6.45, 7) is 0.0460. The first-order chi connectivity index (χ1) is 15.9. The molecular formula is C24H19N3O6. The number of carbonyl (C=O) groups excluding carboxylic acids is 2. The van der Waals surface area contributed by atoms with Crippen LogP contribution in [-0.2, 0) is 16.1 Å². The molecular weight excluding hydrogens is 426 g/mol. The maximum Gasteiger partial charge on any atom is 0.296 e. The largest absolute Gasteiger partial charge is 0.507 e. The topological polar surface area (TPSA) is 123 Å². The lowest BCUT2D eigenvalue weighted by atomic mass is 9.95. The molecule has 0 spiro atoms. The molecule has 0 radical (unpaired) electrons. The van der Waals surface area contributed by atoms with Crippen molar-refractivity contribution in [2.75, 3.05) is 7.11 Å². The smallest absolute Gasteiger partial charge is 0.296 e. The fraction of sp³-hybridized carbons (Fsp3) is 0.125. The molecule has 4 rings (SSSR count). The van der Waals surface area contributed by atoms with Crippen molar-refractivity contribution in [3.63, 3.8) is 0 Å². The predicted molar refractivity (Wildman–Crippen MR) is 118 cm³/mol.